The van der Waals surface area contributed by atoms with Crippen molar-refractivity contribution in [1.29, 1.82) is 0 Å². The van der Waals surface area contributed by atoms with Crippen LogP contribution in [0.3, 0.4) is 0 Å². The number of benzene rings is 1. The van der Waals surface area contributed by atoms with Crippen molar-refractivity contribution in [2.24, 2.45) is 0 Å². The number of amides is 1. The van der Waals surface area contributed by atoms with E-state index in [1.165, 1.54) is 0 Å². The summed E-state index contributed by atoms with van der Waals surface area (Å²) in [5.74, 6) is 1.58. The first kappa shape index (κ1) is 22.7. The summed E-state index contributed by atoms with van der Waals surface area (Å²) >= 11 is 1.79. The Balaban J connectivity index is 1.96. The van der Waals surface area contributed by atoms with Crippen LogP contribution in [-0.2, 0) is 5.41 Å². The highest BCUT2D eigenvalue weighted by Crippen LogP contribution is 2.34. The molecule has 0 aliphatic carbocycles. The average Bonchev–Trinajstić information content (AvgIpc) is 3.16. The van der Waals surface area contributed by atoms with E-state index in [0.29, 0.717) is 23.4 Å². The van der Waals surface area contributed by atoms with Gasteiger partial charge in [-0.15, -0.1) is 11.8 Å². The first-order valence-corrected chi connectivity index (χ1v) is 11.0. The lowest BCUT2D eigenvalue weighted by Gasteiger charge is -2.23. The summed E-state index contributed by atoms with van der Waals surface area (Å²) in [6.07, 6.45) is -4.31. The number of hydrogen-bond donors (Lipinski definition) is 3. The number of fused-ring (bicyclic) bond motifs is 1. The van der Waals surface area contributed by atoms with Gasteiger partial charge in [-0.3, -0.25) is 4.79 Å². The van der Waals surface area contributed by atoms with Gasteiger partial charge in [0.15, 0.2) is 0 Å². The zero-order valence-electron chi connectivity index (χ0n) is 17.5. The van der Waals surface area contributed by atoms with Gasteiger partial charge in [0.1, 0.15) is 12.2 Å². The molecule has 0 unspecified atom stereocenters. The number of hydrogen-bond acceptors (Lipinski definition) is 5. The molecule has 0 radical (unpaired) electrons. The van der Waals surface area contributed by atoms with E-state index < -0.39 is 12.7 Å². The lowest BCUT2D eigenvalue weighted by atomic mass is 9.84. The molecule has 2 aromatic rings. The first-order valence-electron chi connectivity index (χ1n) is 9.80. The maximum Gasteiger partial charge on any atom is 0.405 e. The third kappa shape index (κ3) is 5.57. The minimum absolute atomic E-state index is 0.243. The van der Waals surface area contributed by atoms with Crippen molar-refractivity contribution in [1.82, 2.24) is 15.6 Å². The van der Waals surface area contributed by atoms with Crippen molar-refractivity contribution in [3.63, 3.8) is 0 Å². The number of halogens is 3. The average molecular weight is 441 g/mol. The van der Waals surface area contributed by atoms with Crippen molar-refractivity contribution >= 4 is 34.3 Å². The molecule has 1 saturated heterocycles. The molecule has 0 saturated carbocycles. The fraction of sp³-hybridized carbons (Fsp3) is 0.524. The number of aryl methyl sites for hydroxylation is 1. The van der Waals surface area contributed by atoms with Gasteiger partial charge in [-0.25, -0.2) is 4.98 Å². The molecular formula is C21H27F3N4OS. The SMILES string of the molecule is Cc1cc(C(=O)NC[C@@H]2CSCN2)nc2c(C(C)(C)C)cc(NCC(F)(F)F)cc12. The lowest BCUT2D eigenvalue weighted by molar-refractivity contribution is -0.115. The van der Waals surface area contributed by atoms with Crippen LogP contribution in [-0.4, -0.2) is 47.8 Å². The van der Waals surface area contributed by atoms with Crippen LogP contribution in [0.2, 0.25) is 0 Å². The second kappa shape index (κ2) is 8.63. The molecule has 1 aliphatic heterocycles. The van der Waals surface area contributed by atoms with Crippen LogP contribution >= 0.6 is 11.8 Å². The predicted molar refractivity (Wildman–Crippen MR) is 116 cm³/mol. The summed E-state index contributed by atoms with van der Waals surface area (Å²) in [5.41, 5.74) is 2.55. The van der Waals surface area contributed by atoms with Gasteiger partial charge < -0.3 is 16.0 Å². The van der Waals surface area contributed by atoms with Crippen LogP contribution in [0.1, 0.15) is 42.4 Å². The quantitative estimate of drug-likeness (QED) is 0.650. The fourth-order valence-electron chi connectivity index (χ4n) is 3.36. The van der Waals surface area contributed by atoms with Gasteiger partial charge in [0.05, 0.1) is 5.52 Å². The number of anilines is 1. The number of carbonyl (C=O) groups excluding carboxylic acids is 1. The minimum atomic E-state index is -4.31. The molecule has 0 bridgehead atoms. The van der Waals surface area contributed by atoms with Gasteiger partial charge >= 0.3 is 6.18 Å². The van der Waals surface area contributed by atoms with E-state index >= 15 is 0 Å². The molecule has 3 rings (SSSR count). The Morgan fingerprint density at radius 1 is 1.27 bits per heavy atom. The predicted octanol–water partition coefficient (Wildman–Crippen LogP) is 4.21. The van der Waals surface area contributed by atoms with Crippen LogP contribution in [0.15, 0.2) is 18.2 Å². The smallest absolute Gasteiger partial charge is 0.376 e. The molecule has 3 N–H and O–H groups in total. The van der Waals surface area contributed by atoms with Crippen LogP contribution in [0.4, 0.5) is 18.9 Å². The number of alkyl halides is 3. The highest BCUT2D eigenvalue weighted by molar-refractivity contribution is 7.99. The van der Waals surface area contributed by atoms with Gasteiger partial charge in [-0.2, -0.15) is 13.2 Å². The Morgan fingerprint density at radius 3 is 2.60 bits per heavy atom. The Hall–Kier alpha value is -2.00. The van der Waals surface area contributed by atoms with E-state index in [1.807, 2.05) is 27.7 Å². The van der Waals surface area contributed by atoms with Crippen LogP contribution in [0, 0.1) is 6.92 Å². The molecule has 9 heteroatoms. The van der Waals surface area contributed by atoms with Crippen molar-refractivity contribution in [3.05, 3.63) is 35.0 Å². The Kier molecular flexibility index (Phi) is 6.52. The van der Waals surface area contributed by atoms with Crippen molar-refractivity contribution in [3.8, 4) is 0 Å². The molecular weight excluding hydrogens is 413 g/mol. The van der Waals surface area contributed by atoms with Gasteiger partial charge in [-0.1, -0.05) is 20.8 Å². The van der Waals surface area contributed by atoms with E-state index in [-0.39, 0.29) is 17.4 Å². The molecule has 5 nitrogen and oxygen atoms in total. The van der Waals surface area contributed by atoms with Gasteiger partial charge in [0, 0.05) is 35.3 Å². The Labute approximate surface area is 178 Å². The molecule has 0 spiro atoms. The third-order valence-electron chi connectivity index (χ3n) is 4.96. The van der Waals surface area contributed by atoms with Gasteiger partial charge in [0.2, 0.25) is 0 Å². The number of carbonyl (C=O) groups is 1. The minimum Gasteiger partial charge on any atom is -0.376 e. The number of rotatable bonds is 5. The summed E-state index contributed by atoms with van der Waals surface area (Å²) in [4.78, 5) is 17.3. The summed E-state index contributed by atoms with van der Waals surface area (Å²) in [5, 5.41) is 9.43. The molecule has 164 valence electrons. The van der Waals surface area contributed by atoms with Crippen molar-refractivity contribution in [2.75, 3.05) is 30.0 Å². The summed E-state index contributed by atoms with van der Waals surface area (Å²) in [6.45, 7) is 7.18. The molecule has 1 aromatic heterocycles. The number of thioether (sulfide) groups is 1. The molecule has 1 amide bonds. The fourth-order valence-corrected chi connectivity index (χ4v) is 4.35. The number of pyridine rings is 1. The molecule has 2 heterocycles. The van der Waals surface area contributed by atoms with Crippen LogP contribution in [0.5, 0.6) is 0 Å². The van der Waals surface area contributed by atoms with E-state index in [4.69, 9.17) is 0 Å². The largest absolute Gasteiger partial charge is 0.405 e. The molecule has 30 heavy (non-hydrogen) atoms. The summed E-state index contributed by atoms with van der Waals surface area (Å²) in [7, 11) is 0. The second-order valence-corrected chi connectivity index (χ2v) is 9.62. The molecule has 1 aromatic carbocycles. The van der Waals surface area contributed by atoms with Crippen molar-refractivity contribution < 1.29 is 18.0 Å². The topological polar surface area (TPSA) is 66.0 Å². The molecule has 1 fully saturated rings. The number of nitrogens with one attached hydrogen (secondary N) is 3. The zero-order chi connectivity index (χ0) is 22.1. The standard InChI is InChI=1S/C21H27F3N4OS/c1-12-5-17(19(29)25-8-14-9-30-11-27-14)28-18-15(12)6-13(26-10-21(22,23)24)7-16(18)20(2,3)4/h5-7,14,26-27H,8-11H2,1-4H3,(H,25,29)/t14-/m1/s1. The van der Waals surface area contributed by atoms with Crippen molar-refractivity contribution in [2.45, 2.75) is 45.3 Å². The lowest BCUT2D eigenvalue weighted by Crippen LogP contribution is -2.38. The van der Waals surface area contributed by atoms with E-state index in [9.17, 15) is 18.0 Å². The summed E-state index contributed by atoms with van der Waals surface area (Å²) in [6, 6.07) is 5.30. The van der Waals surface area contributed by atoms with E-state index in [1.54, 1.807) is 30.0 Å². The van der Waals surface area contributed by atoms with E-state index in [0.717, 1.165) is 28.1 Å². The third-order valence-corrected chi connectivity index (χ3v) is 5.96. The van der Waals surface area contributed by atoms with Crippen LogP contribution < -0.4 is 16.0 Å². The number of aromatic nitrogens is 1. The normalized spacial score (nSPS) is 17.4. The maximum absolute atomic E-state index is 12.7. The highest BCUT2D eigenvalue weighted by Gasteiger charge is 2.27. The second-order valence-electron chi connectivity index (χ2n) is 8.59. The maximum atomic E-state index is 12.7. The summed E-state index contributed by atoms with van der Waals surface area (Å²) < 4.78 is 38.0. The number of nitrogens with zero attached hydrogens (tertiary/aromatic N) is 1. The molecule has 1 aliphatic rings. The van der Waals surface area contributed by atoms with Crippen LogP contribution in [0.25, 0.3) is 10.9 Å². The van der Waals surface area contributed by atoms with E-state index in [2.05, 4.69) is 20.9 Å². The Morgan fingerprint density at radius 2 is 2.00 bits per heavy atom. The first-order chi connectivity index (χ1) is 13.9. The Bertz CT molecular complexity index is 934. The van der Waals surface area contributed by atoms with Gasteiger partial charge in [-0.05, 0) is 41.7 Å². The zero-order valence-corrected chi connectivity index (χ0v) is 18.4. The monoisotopic (exact) mass is 440 g/mol. The highest BCUT2D eigenvalue weighted by atomic mass is 32.2. The molecule has 1 atom stereocenters. The van der Waals surface area contributed by atoms with Gasteiger partial charge in [0.25, 0.3) is 5.91 Å².